The second-order valence-electron chi connectivity index (χ2n) is 9.83. The molecule has 0 atom stereocenters. The van der Waals surface area contributed by atoms with Gasteiger partial charge in [-0.2, -0.15) is 9.40 Å². The lowest BCUT2D eigenvalue weighted by atomic mass is 10.1. The molecule has 3 heterocycles. The molecular formula is C24H34N6O3S. The third-order valence-corrected chi connectivity index (χ3v) is 7.97. The summed E-state index contributed by atoms with van der Waals surface area (Å²) < 4.78 is 31.4. The SMILES string of the molecule is CCCn1c(CCC(=O)Nc2cnn(C(C)(C)C)c2)nc2cc(S(=O)(=O)N3CCCC3)ccc21. The molecule has 4 rings (SSSR count). The molecule has 0 radical (unpaired) electrons. The summed E-state index contributed by atoms with van der Waals surface area (Å²) in [5.41, 5.74) is 2.05. The number of nitrogens with one attached hydrogen (secondary N) is 1. The molecule has 0 bridgehead atoms. The molecule has 1 saturated heterocycles. The number of aryl methyl sites for hydroxylation is 2. The van der Waals surface area contributed by atoms with Crippen molar-refractivity contribution in [2.45, 2.75) is 76.8 Å². The van der Waals surface area contributed by atoms with Gasteiger partial charge in [0, 0.05) is 38.7 Å². The Morgan fingerprint density at radius 2 is 1.91 bits per heavy atom. The number of anilines is 1. The minimum atomic E-state index is -3.50. The van der Waals surface area contributed by atoms with Crippen LogP contribution in [0.2, 0.25) is 0 Å². The predicted octanol–water partition coefficient (Wildman–Crippen LogP) is 3.75. The Kier molecular flexibility index (Phi) is 6.82. The summed E-state index contributed by atoms with van der Waals surface area (Å²) >= 11 is 0. The van der Waals surface area contributed by atoms with Crippen LogP contribution in [-0.2, 0) is 33.3 Å². The Bertz CT molecular complexity index is 1280. The zero-order valence-electron chi connectivity index (χ0n) is 20.4. The second kappa shape index (κ2) is 9.50. The molecule has 0 unspecified atom stereocenters. The summed E-state index contributed by atoms with van der Waals surface area (Å²) in [6.45, 7) is 10.1. The van der Waals surface area contributed by atoms with Crippen molar-refractivity contribution in [3.63, 3.8) is 0 Å². The Morgan fingerprint density at radius 1 is 1.18 bits per heavy atom. The van der Waals surface area contributed by atoms with Gasteiger partial charge >= 0.3 is 0 Å². The fraction of sp³-hybridized carbons (Fsp3) is 0.542. The quantitative estimate of drug-likeness (QED) is 0.522. The van der Waals surface area contributed by atoms with Crippen LogP contribution < -0.4 is 5.32 Å². The van der Waals surface area contributed by atoms with Crippen molar-refractivity contribution in [2.75, 3.05) is 18.4 Å². The molecule has 10 heteroatoms. The van der Waals surface area contributed by atoms with E-state index in [4.69, 9.17) is 4.98 Å². The van der Waals surface area contributed by atoms with E-state index in [0.29, 0.717) is 30.7 Å². The van der Waals surface area contributed by atoms with E-state index in [1.54, 1.807) is 22.6 Å². The number of rotatable bonds is 8. The zero-order valence-corrected chi connectivity index (χ0v) is 21.2. The Morgan fingerprint density at radius 3 is 2.56 bits per heavy atom. The molecule has 2 aromatic heterocycles. The number of imidazole rings is 1. The molecule has 1 fully saturated rings. The van der Waals surface area contributed by atoms with Crippen molar-refractivity contribution < 1.29 is 13.2 Å². The maximum absolute atomic E-state index is 13.0. The van der Waals surface area contributed by atoms with Crippen LogP contribution >= 0.6 is 0 Å². The molecule has 0 spiro atoms. The Hall–Kier alpha value is -2.72. The van der Waals surface area contributed by atoms with E-state index in [1.165, 1.54) is 0 Å². The molecule has 0 saturated carbocycles. The summed E-state index contributed by atoms with van der Waals surface area (Å²) in [5.74, 6) is 0.675. The number of aromatic nitrogens is 4. The molecule has 1 amide bonds. The summed E-state index contributed by atoms with van der Waals surface area (Å²) in [7, 11) is -3.50. The lowest BCUT2D eigenvalue weighted by Gasteiger charge is -2.18. The number of amides is 1. The Balaban J connectivity index is 1.51. The lowest BCUT2D eigenvalue weighted by Crippen LogP contribution is -2.27. The van der Waals surface area contributed by atoms with Gasteiger partial charge < -0.3 is 9.88 Å². The van der Waals surface area contributed by atoms with E-state index in [2.05, 4.69) is 21.9 Å². The molecule has 1 N–H and O–H groups in total. The zero-order chi connectivity index (χ0) is 24.5. The minimum Gasteiger partial charge on any atom is -0.328 e. The van der Waals surface area contributed by atoms with E-state index in [-0.39, 0.29) is 22.8 Å². The number of benzene rings is 1. The smallest absolute Gasteiger partial charge is 0.243 e. The molecule has 0 aliphatic carbocycles. The summed E-state index contributed by atoms with van der Waals surface area (Å²) in [5, 5.41) is 7.22. The lowest BCUT2D eigenvalue weighted by molar-refractivity contribution is -0.116. The molecule has 1 aliphatic heterocycles. The minimum absolute atomic E-state index is 0.110. The van der Waals surface area contributed by atoms with Gasteiger partial charge in [0.05, 0.1) is 33.4 Å². The van der Waals surface area contributed by atoms with Gasteiger partial charge in [0.25, 0.3) is 0 Å². The first-order valence-corrected chi connectivity index (χ1v) is 13.4. The van der Waals surface area contributed by atoms with Crippen molar-refractivity contribution >= 4 is 32.7 Å². The van der Waals surface area contributed by atoms with Gasteiger partial charge in [-0.05, 0) is 58.2 Å². The van der Waals surface area contributed by atoms with Gasteiger partial charge in [0.1, 0.15) is 5.82 Å². The third kappa shape index (κ3) is 5.02. The molecule has 34 heavy (non-hydrogen) atoms. The highest BCUT2D eigenvalue weighted by molar-refractivity contribution is 7.89. The van der Waals surface area contributed by atoms with Crippen LogP contribution in [0, 0.1) is 0 Å². The topological polar surface area (TPSA) is 102 Å². The van der Waals surface area contributed by atoms with Gasteiger partial charge in [-0.1, -0.05) is 6.92 Å². The number of nitrogens with zero attached hydrogens (tertiary/aromatic N) is 5. The molecule has 1 aliphatic rings. The molecule has 1 aromatic carbocycles. The fourth-order valence-corrected chi connectivity index (χ4v) is 5.80. The highest BCUT2D eigenvalue weighted by Gasteiger charge is 2.28. The van der Waals surface area contributed by atoms with Crippen molar-refractivity contribution in [1.29, 1.82) is 0 Å². The predicted molar refractivity (Wildman–Crippen MR) is 132 cm³/mol. The summed E-state index contributed by atoms with van der Waals surface area (Å²) in [6, 6.07) is 5.18. The van der Waals surface area contributed by atoms with Gasteiger partial charge in [-0.25, -0.2) is 13.4 Å². The van der Waals surface area contributed by atoms with Crippen molar-refractivity contribution in [1.82, 2.24) is 23.6 Å². The van der Waals surface area contributed by atoms with Gasteiger partial charge in [-0.3, -0.25) is 9.48 Å². The van der Waals surface area contributed by atoms with Crippen molar-refractivity contribution in [2.24, 2.45) is 0 Å². The largest absolute Gasteiger partial charge is 0.328 e. The summed E-state index contributed by atoms with van der Waals surface area (Å²) in [6.07, 6.45) is 6.91. The van der Waals surface area contributed by atoms with E-state index in [0.717, 1.165) is 37.1 Å². The normalized spacial score (nSPS) is 15.3. The monoisotopic (exact) mass is 486 g/mol. The van der Waals surface area contributed by atoms with Crippen LogP contribution in [0.1, 0.15) is 59.2 Å². The molecule has 3 aromatic rings. The van der Waals surface area contributed by atoms with E-state index in [9.17, 15) is 13.2 Å². The molecular weight excluding hydrogens is 452 g/mol. The van der Waals surface area contributed by atoms with E-state index < -0.39 is 10.0 Å². The van der Waals surface area contributed by atoms with Crippen LogP contribution in [0.25, 0.3) is 11.0 Å². The number of carbonyl (C=O) groups excluding carboxylic acids is 1. The van der Waals surface area contributed by atoms with E-state index >= 15 is 0 Å². The second-order valence-corrected chi connectivity index (χ2v) is 11.8. The number of fused-ring (bicyclic) bond motifs is 1. The first kappa shape index (κ1) is 24.4. The van der Waals surface area contributed by atoms with Gasteiger partial charge in [0.15, 0.2) is 0 Å². The van der Waals surface area contributed by atoms with E-state index in [1.807, 2.05) is 37.7 Å². The van der Waals surface area contributed by atoms with Crippen LogP contribution in [-0.4, -0.2) is 51.1 Å². The highest BCUT2D eigenvalue weighted by Crippen LogP contribution is 2.26. The number of sulfonamides is 1. The fourth-order valence-electron chi connectivity index (χ4n) is 4.26. The van der Waals surface area contributed by atoms with Crippen LogP contribution in [0.15, 0.2) is 35.5 Å². The van der Waals surface area contributed by atoms with Crippen molar-refractivity contribution in [3.05, 3.63) is 36.4 Å². The standard InChI is InChI=1S/C24H34N6O3S/c1-5-12-29-21-9-8-19(34(32,33)28-13-6-7-14-28)15-20(21)27-22(29)10-11-23(31)26-18-16-25-30(17-18)24(2,3)4/h8-9,15-17H,5-7,10-14H2,1-4H3,(H,26,31). The van der Waals surface area contributed by atoms with Crippen LogP contribution in [0.4, 0.5) is 5.69 Å². The number of carbonyl (C=O) groups is 1. The first-order chi connectivity index (χ1) is 16.1. The van der Waals surface area contributed by atoms with Crippen LogP contribution in [0.5, 0.6) is 0 Å². The molecule has 184 valence electrons. The molecule has 9 nitrogen and oxygen atoms in total. The van der Waals surface area contributed by atoms with Gasteiger partial charge in [0.2, 0.25) is 15.9 Å². The maximum atomic E-state index is 13.0. The maximum Gasteiger partial charge on any atom is 0.243 e. The average Bonchev–Trinajstić information content (AvgIpc) is 3.52. The highest BCUT2D eigenvalue weighted by atomic mass is 32.2. The average molecular weight is 487 g/mol. The Labute approximate surface area is 201 Å². The van der Waals surface area contributed by atoms with Gasteiger partial charge in [-0.15, -0.1) is 0 Å². The third-order valence-electron chi connectivity index (χ3n) is 6.08. The summed E-state index contributed by atoms with van der Waals surface area (Å²) in [4.78, 5) is 17.6. The van der Waals surface area contributed by atoms with Crippen molar-refractivity contribution in [3.8, 4) is 0 Å². The number of hydrogen-bond acceptors (Lipinski definition) is 5. The van der Waals surface area contributed by atoms with Crippen LogP contribution in [0.3, 0.4) is 0 Å². The first-order valence-electron chi connectivity index (χ1n) is 11.9. The number of hydrogen-bond donors (Lipinski definition) is 1.